The fraction of sp³-hybridized carbons (Fsp3) is 0.442. The van der Waals surface area contributed by atoms with E-state index in [4.69, 9.17) is 0 Å². The molecular formula is C43H60O5. The molecule has 0 saturated carbocycles. The number of para-hydroxylation sites is 1. The van der Waals surface area contributed by atoms with Crippen molar-refractivity contribution in [3.63, 3.8) is 0 Å². The van der Waals surface area contributed by atoms with Crippen molar-refractivity contribution in [2.24, 2.45) is 0 Å². The third-order valence-electron chi connectivity index (χ3n) is 8.26. The number of aromatic hydroxyl groups is 5. The van der Waals surface area contributed by atoms with Crippen LogP contribution in [0, 0.1) is 20.8 Å². The van der Waals surface area contributed by atoms with Gasteiger partial charge in [0.15, 0.2) is 11.5 Å². The van der Waals surface area contributed by atoms with E-state index in [1.165, 1.54) is 11.6 Å². The zero-order valence-corrected chi connectivity index (χ0v) is 32.0. The SMILES string of the molecule is CC(C)(C)c1cccc(O)c1O.Cc1cc(-c2cc(C)c(O)c(C(C)(C)C)c2)c(O)c(C(C)(C)C)c1.Cc1ccc(O)c(C(C)(C)C)c1. The maximum atomic E-state index is 10.9. The smallest absolute Gasteiger partial charge is 0.161 e. The van der Waals surface area contributed by atoms with Crippen molar-refractivity contribution < 1.29 is 25.5 Å². The summed E-state index contributed by atoms with van der Waals surface area (Å²) in [4.78, 5) is 0. The van der Waals surface area contributed by atoms with Crippen molar-refractivity contribution in [1.29, 1.82) is 0 Å². The van der Waals surface area contributed by atoms with Gasteiger partial charge in [0, 0.05) is 22.3 Å². The Balaban J connectivity index is 0.000000279. The Morgan fingerprint density at radius 3 is 1.33 bits per heavy atom. The number of rotatable bonds is 1. The molecule has 0 radical (unpaired) electrons. The second-order valence-corrected chi connectivity index (χ2v) is 17.1. The first-order valence-electron chi connectivity index (χ1n) is 16.7. The molecule has 0 bridgehead atoms. The summed E-state index contributed by atoms with van der Waals surface area (Å²) >= 11 is 0. The summed E-state index contributed by atoms with van der Waals surface area (Å²) in [6.45, 7) is 30.8. The molecule has 0 spiro atoms. The van der Waals surface area contributed by atoms with Crippen LogP contribution in [0.5, 0.6) is 28.7 Å². The van der Waals surface area contributed by atoms with Gasteiger partial charge in [-0.2, -0.15) is 0 Å². The molecule has 262 valence electrons. The van der Waals surface area contributed by atoms with Gasteiger partial charge in [0.1, 0.15) is 17.2 Å². The van der Waals surface area contributed by atoms with E-state index in [1.54, 1.807) is 12.1 Å². The van der Waals surface area contributed by atoms with Gasteiger partial charge in [-0.15, -0.1) is 0 Å². The lowest BCUT2D eigenvalue weighted by Gasteiger charge is -2.25. The van der Waals surface area contributed by atoms with E-state index < -0.39 is 0 Å². The summed E-state index contributed by atoms with van der Waals surface area (Å²) in [5.41, 5.74) is 8.13. The lowest BCUT2D eigenvalue weighted by molar-refractivity contribution is 0.389. The molecule has 4 rings (SSSR count). The maximum absolute atomic E-state index is 10.9. The molecule has 5 nitrogen and oxygen atoms in total. The van der Waals surface area contributed by atoms with Crippen LogP contribution < -0.4 is 0 Å². The van der Waals surface area contributed by atoms with Crippen LogP contribution in [-0.2, 0) is 21.7 Å². The van der Waals surface area contributed by atoms with Crippen molar-refractivity contribution in [2.45, 2.75) is 126 Å². The summed E-state index contributed by atoms with van der Waals surface area (Å²) in [5.74, 6) is 1.01. The molecule has 0 atom stereocenters. The van der Waals surface area contributed by atoms with Crippen LogP contribution in [0.2, 0.25) is 0 Å². The Labute approximate surface area is 290 Å². The summed E-state index contributed by atoms with van der Waals surface area (Å²) in [6, 6.07) is 18.8. The molecule has 0 unspecified atom stereocenters. The molecule has 0 aromatic heterocycles. The maximum Gasteiger partial charge on any atom is 0.161 e. The molecule has 4 aromatic rings. The second-order valence-electron chi connectivity index (χ2n) is 17.1. The quantitative estimate of drug-likeness (QED) is 0.131. The van der Waals surface area contributed by atoms with Crippen molar-refractivity contribution >= 4 is 0 Å². The first kappa shape index (κ1) is 40.1. The van der Waals surface area contributed by atoms with E-state index in [0.29, 0.717) is 17.2 Å². The number of hydrogen-bond donors (Lipinski definition) is 5. The molecule has 5 N–H and O–H groups in total. The molecule has 5 heteroatoms. The van der Waals surface area contributed by atoms with Gasteiger partial charge in [0.2, 0.25) is 0 Å². The Kier molecular flexibility index (Phi) is 12.1. The summed E-state index contributed by atoms with van der Waals surface area (Å²) in [6.07, 6.45) is 0. The highest BCUT2D eigenvalue weighted by molar-refractivity contribution is 5.76. The first-order valence-corrected chi connectivity index (χ1v) is 16.7. The molecule has 0 fully saturated rings. The van der Waals surface area contributed by atoms with Crippen LogP contribution in [0.3, 0.4) is 0 Å². The van der Waals surface area contributed by atoms with Crippen molar-refractivity contribution in [2.75, 3.05) is 0 Å². The zero-order valence-electron chi connectivity index (χ0n) is 32.0. The van der Waals surface area contributed by atoms with Gasteiger partial charge in [-0.05, 0) is 95.0 Å². The summed E-state index contributed by atoms with van der Waals surface area (Å²) < 4.78 is 0. The number of hydrogen-bond acceptors (Lipinski definition) is 5. The van der Waals surface area contributed by atoms with Gasteiger partial charge in [0.05, 0.1) is 0 Å². The normalized spacial score (nSPS) is 12.1. The minimum absolute atomic E-state index is 0.00926. The highest BCUT2D eigenvalue weighted by atomic mass is 16.3. The zero-order chi connectivity index (χ0) is 37.2. The third kappa shape index (κ3) is 10.2. The lowest BCUT2D eigenvalue weighted by atomic mass is 9.81. The second kappa shape index (κ2) is 14.6. The van der Waals surface area contributed by atoms with Crippen LogP contribution in [0.25, 0.3) is 11.1 Å². The van der Waals surface area contributed by atoms with E-state index in [2.05, 4.69) is 75.3 Å². The molecule has 0 aliphatic rings. The number of benzene rings is 4. The highest BCUT2D eigenvalue weighted by Crippen LogP contribution is 2.43. The average molecular weight is 657 g/mol. The van der Waals surface area contributed by atoms with Crippen LogP contribution in [-0.4, -0.2) is 25.5 Å². The molecule has 0 heterocycles. The standard InChI is InChI=1S/C22H30O2.C11H16O.C10H14O2/c1-13-9-16(20(24)17(10-13)21(3,4)5)15-11-14(2)19(23)18(12-15)22(6,7)8;1-8-5-6-10(12)9(7-8)11(2,3)4;1-10(2,3)7-5-4-6-8(11)9(7)12/h9-12,23-24H,1-8H3;5-7,12H,1-4H3;4-6,11-12H,1-3H3. The fourth-order valence-corrected chi connectivity index (χ4v) is 5.46. The Morgan fingerprint density at radius 2 is 0.875 bits per heavy atom. The summed E-state index contributed by atoms with van der Waals surface area (Å²) in [5, 5.41) is 49.6. The predicted molar refractivity (Wildman–Crippen MR) is 202 cm³/mol. The average Bonchev–Trinajstić information content (AvgIpc) is 2.92. The van der Waals surface area contributed by atoms with Gasteiger partial charge >= 0.3 is 0 Å². The van der Waals surface area contributed by atoms with Crippen molar-refractivity contribution in [1.82, 2.24) is 0 Å². The Bertz CT molecular complexity index is 1710. The van der Waals surface area contributed by atoms with Gasteiger partial charge in [0.25, 0.3) is 0 Å². The van der Waals surface area contributed by atoms with Crippen LogP contribution in [0.1, 0.15) is 122 Å². The molecule has 0 aliphatic carbocycles. The van der Waals surface area contributed by atoms with Gasteiger partial charge in [-0.1, -0.05) is 119 Å². The topological polar surface area (TPSA) is 101 Å². The number of phenols is 5. The van der Waals surface area contributed by atoms with E-state index in [1.807, 2.05) is 71.0 Å². The van der Waals surface area contributed by atoms with Gasteiger partial charge in [-0.3, -0.25) is 0 Å². The molecule has 4 aromatic carbocycles. The first-order chi connectivity index (χ1) is 21.7. The van der Waals surface area contributed by atoms with Crippen molar-refractivity contribution in [3.05, 3.63) is 99.6 Å². The van der Waals surface area contributed by atoms with Crippen LogP contribution in [0.4, 0.5) is 0 Å². The highest BCUT2D eigenvalue weighted by Gasteiger charge is 2.25. The van der Waals surface area contributed by atoms with Crippen molar-refractivity contribution in [3.8, 4) is 39.9 Å². The molecule has 0 aliphatic heterocycles. The van der Waals surface area contributed by atoms with Gasteiger partial charge in [-0.25, -0.2) is 0 Å². The fourth-order valence-electron chi connectivity index (χ4n) is 5.46. The van der Waals surface area contributed by atoms with E-state index >= 15 is 0 Å². The molecule has 0 amide bonds. The monoisotopic (exact) mass is 656 g/mol. The predicted octanol–water partition coefficient (Wildman–Crippen LogP) is 11.4. The molecule has 0 saturated heterocycles. The Morgan fingerprint density at radius 1 is 0.396 bits per heavy atom. The lowest BCUT2D eigenvalue weighted by Crippen LogP contribution is -2.13. The molecule has 48 heavy (non-hydrogen) atoms. The van der Waals surface area contributed by atoms with E-state index in [-0.39, 0.29) is 33.2 Å². The van der Waals surface area contributed by atoms with E-state index in [9.17, 15) is 25.5 Å². The summed E-state index contributed by atoms with van der Waals surface area (Å²) in [7, 11) is 0. The Hall–Kier alpha value is -4.12. The molecular weight excluding hydrogens is 596 g/mol. The minimum Gasteiger partial charge on any atom is -0.508 e. The third-order valence-corrected chi connectivity index (χ3v) is 8.26. The van der Waals surface area contributed by atoms with Crippen LogP contribution >= 0.6 is 0 Å². The minimum atomic E-state index is -0.169. The largest absolute Gasteiger partial charge is 0.508 e. The number of phenolic OH excluding ortho intramolecular Hbond substituents is 5. The van der Waals surface area contributed by atoms with E-state index in [0.717, 1.165) is 44.5 Å². The van der Waals surface area contributed by atoms with Crippen LogP contribution in [0.15, 0.2) is 60.7 Å². The number of aryl methyl sites for hydroxylation is 3. The van der Waals surface area contributed by atoms with Gasteiger partial charge < -0.3 is 25.5 Å².